The quantitative estimate of drug-likeness (QED) is 0.648. The van der Waals surface area contributed by atoms with Crippen molar-refractivity contribution in [2.24, 2.45) is 4.99 Å². The predicted octanol–water partition coefficient (Wildman–Crippen LogP) is 6.11. The van der Waals surface area contributed by atoms with E-state index in [1.165, 1.54) is 36.8 Å². The third-order valence-electron chi connectivity index (χ3n) is 4.97. The molecule has 1 fully saturated rings. The molecule has 0 N–H and O–H groups in total. The summed E-state index contributed by atoms with van der Waals surface area (Å²) in [6, 6.07) is 19.3. The largest absolute Gasteiger partial charge is 0.260 e. The lowest BCUT2D eigenvalue weighted by molar-refractivity contribution is 0.586. The lowest BCUT2D eigenvalue weighted by Crippen LogP contribution is -2.12. The van der Waals surface area contributed by atoms with Crippen LogP contribution in [0.4, 0.5) is 5.69 Å². The third-order valence-corrected chi connectivity index (χ3v) is 4.97. The molecule has 4 rings (SSSR count). The van der Waals surface area contributed by atoms with Crippen LogP contribution >= 0.6 is 0 Å². The number of fused-ring (bicyclic) bond motifs is 1. The highest BCUT2D eigenvalue weighted by Gasteiger charge is 2.26. The summed E-state index contributed by atoms with van der Waals surface area (Å²) in [5.41, 5.74) is 5.43. The van der Waals surface area contributed by atoms with Crippen molar-refractivity contribution < 1.29 is 0 Å². The maximum atomic E-state index is 4.60. The Bertz CT molecular complexity index is 727. The van der Waals surface area contributed by atoms with Gasteiger partial charge in [-0.15, -0.1) is 0 Å². The fourth-order valence-corrected chi connectivity index (χ4v) is 3.75. The molecule has 1 aliphatic heterocycles. The van der Waals surface area contributed by atoms with Crippen LogP contribution in [0, 0.1) is 5.92 Å². The molecule has 23 heavy (non-hydrogen) atoms. The van der Waals surface area contributed by atoms with Gasteiger partial charge >= 0.3 is 0 Å². The molecule has 0 saturated heterocycles. The van der Waals surface area contributed by atoms with Gasteiger partial charge in [0.25, 0.3) is 0 Å². The highest BCUT2D eigenvalue weighted by molar-refractivity contribution is 5.81. The zero-order valence-electron chi connectivity index (χ0n) is 13.4. The smallest absolute Gasteiger partial charge is 0.0664 e. The Morgan fingerprint density at radius 3 is 2.61 bits per heavy atom. The number of nitrogens with zero attached hydrogens (tertiary/aromatic N) is 1. The van der Waals surface area contributed by atoms with Crippen LogP contribution < -0.4 is 0 Å². The molecule has 0 spiro atoms. The summed E-state index contributed by atoms with van der Waals surface area (Å²) in [5, 5.41) is 0. The fourth-order valence-electron chi connectivity index (χ4n) is 3.75. The number of benzene rings is 2. The van der Waals surface area contributed by atoms with Gasteiger partial charge in [-0.3, -0.25) is 4.99 Å². The molecule has 1 nitrogen and oxygen atoms in total. The molecule has 0 bridgehead atoms. The number of rotatable bonds is 3. The second kappa shape index (κ2) is 6.54. The Hall–Kier alpha value is -2.15. The van der Waals surface area contributed by atoms with Gasteiger partial charge in [0.15, 0.2) is 0 Å². The molecule has 1 radical (unpaired) electrons. The number of hydrogen-bond acceptors (Lipinski definition) is 1. The van der Waals surface area contributed by atoms with Crippen LogP contribution in [0.2, 0.25) is 0 Å². The molecule has 2 aliphatic rings. The van der Waals surface area contributed by atoms with Gasteiger partial charge in [-0.25, -0.2) is 0 Å². The van der Waals surface area contributed by atoms with E-state index in [9.17, 15) is 0 Å². The van der Waals surface area contributed by atoms with Crippen molar-refractivity contribution in [3.8, 4) is 0 Å². The van der Waals surface area contributed by atoms with E-state index in [1.807, 2.05) is 0 Å². The van der Waals surface area contributed by atoms with E-state index in [2.05, 4.69) is 71.9 Å². The van der Waals surface area contributed by atoms with Crippen LogP contribution in [0.5, 0.6) is 0 Å². The molecule has 0 unspecified atom stereocenters. The number of allylic oxidation sites excluding steroid dienone is 1. The van der Waals surface area contributed by atoms with Crippen molar-refractivity contribution in [2.45, 2.75) is 38.0 Å². The first-order chi connectivity index (χ1) is 11.4. The summed E-state index contributed by atoms with van der Waals surface area (Å²) in [4.78, 5) is 4.60. The van der Waals surface area contributed by atoms with Gasteiger partial charge < -0.3 is 0 Å². The van der Waals surface area contributed by atoms with Crippen molar-refractivity contribution >= 4 is 18.0 Å². The van der Waals surface area contributed by atoms with Crippen molar-refractivity contribution in [3.63, 3.8) is 0 Å². The maximum absolute atomic E-state index is 4.60. The molecule has 1 heteroatoms. The van der Waals surface area contributed by atoms with Gasteiger partial charge in [-0.1, -0.05) is 66.6 Å². The molecule has 2 aromatic rings. The Labute approximate surface area is 138 Å². The molecule has 115 valence electrons. The summed E-state index contributed by atoms with van der Waals surface area (Å²) < 4.78 is 0. The number of hydrogen-bond donors (Lipinski definition) is 0. The van der Waals surface area contributed by atoms with Crippen LogP contribution in [0.25, 0.3) is 6.08 Å². The van der Waals surface area contributed by atoms with Crippen LogP contribution in [-0.2, 0) is 0 Å². The molecule has 1 atom stereocenters. The maximum Gasteiger partial charge on any atom is 0.0664 e. The fraction of sp³-hybridized carbons (Fsp3) is 0.273. The first-order valence-electron chi connectivity index (χ1n) is 8.64. The predicted molar refractivity (Wildman–Crippen MR) is 98.1 cm³/mol. The Morgan fingerprint density at radius 1 is 0.913 bits per heavy atom. The van der Waals surface area contributed by atoms with Crippen molar-refractivity contribution in [3.05, 3.63) is 77.2 Å². The summed E-state index contributed by atoms with van der Waals surface area (Å²) in [5.74, 6) is 2.09. The summed E-state index contributed by atoms with van der Waals surface area (Å²) in [7, 11) is 0. The zero-order valence-corrected chi connectivity index (χ0v) is 13.4. The number of para-hydroxylation sites is 1. The Morgan fingerprint density at radius 2 is 1.70 bits per heavy atom. The molecule has 0 aromatic heterocycles. The lowest BCUT2D eigenvalue weighted by atomic mass is 9.77. The van der Waals surface area contributed by atoms with Gasteiger partial charge in [0.2, 0.25) is 0 Å². The summed E-state index contributed by atoms with van der Waals surface area (Å²) >= 11 is 0. The first-order valence-corrected chi connectivity index (χ1v) is 8.64. The minimum Gasteiger partial charge on any atom is -0.260 e. The Balaban J connectivity index is 1.55. The van der Waals surface area contributed by atoms with Crippen molar-refractivity contribution in [2.75, 3.05) is 0 Å². The average molecular weight is 300 g/mol. The van der Waals surface area contributed by atoms with Gasteiger partial charge in [-0.05, 0) is 42.9 Å². The Kier molecular flexibility index (Phi) is 4.10. The molecule has 0 amide bonds. The highest BCUT2D eigenvalue weighted by Crippen LogP contribution is 2.42. The van der Waals surface area contributed by atoms with E-state index in [4.69, 9.17) is 0 Å². The first kappa shape index (κ1) is 14.4. The normalized spacial score (nSPS) is 22.4. The monoisotopic (exact) mass is 300 g/mol. The molecule has 2 aromatic carbocycles. The van der Waals surface area contributed by atoms with E-state index >= 15 is 0 Å². The van der Waals surface area contributed by atoms with Gasteiger partial charge in [0.05, 0.1) is 5.69 Å². The van der Waals surface area contributed by atoms with E-state index in [0.29, 0.717) is 5.92 Å². The molecular formula is C22H22N. The van der Waals surface area contributed by atoms with E-state index in [0.717, 1.165) is 12.1 Å². The summed E-state index contributed by atoms with van der Waals surface area (Å²) in [6.07, 6.45) is 10.8. The van der Waals surface area contributed by atoms with E-state index < -0.39 is 0 Å². The average Bonchev–Trinajstić information content (AvgIpc) is 3.01. The van der Waals surface area contributed by atoms with Crippen molar-refractivity contribution in [1.82, 2.24) is 0 Å². The SMILES string of the molecule is C1=Nc2ccccc2[C@H]1C[C]1CCCC/C1=C\c1ccccc1. The third kappa shape index (κ3) is 3.14. The molecular weight excluding hydrogens is 278 g/mol. The van der Waals surface area contributed by atoms with Crippen molar-refractivity contribution in [1.29, 1.82) is 0 Å². The summed E-state index contributed by atoms with van der Waals surface area (Å²) in [6.45, 7) is 0. The lowest BCUT2D eigenvalue weighted by Gasteiger charge is -2.27. The van der Waals surface area contributed by atoms with Crippen LogP contribution in [-0.4, -0.2) is 6.21 Å². The van der Waals surface area contributed by atoms with Gasteiger partial charge in [-0.2, -0.15) is 0 Å². The standard InChI is InChI=1S/C22H22N/c1-2-8-17(9-3-1)14-18-10-4-5-11-19(18)15-20-16-23-22-13-7-6-12-21(20)22/h1-3,6-9,12-14,16,20H,4-5,10-11,15H2/b18-14+/t20-/m0/s1. The minimum atomic E-state index is 0.457. The number of aliphatic imine (C=N–C) groups is 1. The topological polar surface area (TPSA) is 12.4 Å². The molecule has 1 heterocycles. The van der Waals surface area contributed by atoms with E-state index in [-0.39, 0.29) is 0 Å². The zero-order chi connectivity index (χ0) is 15.5. The molecule has 1 saturated carbocycles. The van der Waals surface area contributed by atoms with Crippen LogP contribution in [0.3, 0.4) is 0 Å². The molecule has 1 aliphatic carbocycles. The van der Waals surface area contributed by atoms with Gasteiger partial charge in [0, 0.05) is 18.1 Å². The van der Waals surface area contributed by atoms with E-state index in [1.54, 1.807) is 11.5 Å². The second-order valence-electron chi connectivity index (χ2n) is 6.54. The van der Waals surface area contributed by atoms with Crippen LogP contribution in [0.1, 0.15) is 49.1 Å². The highest BCUT2D eigenvalue weighted by atomic mass is 14.8. The van der Waals surface area contributed by atoms with Crippen LogP contribution in [0.15, 0.2) is 65.2 Å². The second-order valence-corrected chi connectivity index (χ2v) is 6.54. The van der Waals surface area contributed by atoms with Gasteiger partial charge in [0.1, 0.15) is 0 Å². The minimum absolute atomic E-state index is 0.457.